The van der Waals surface area contributed by atoms with Crippen LogP contribution in [-0.2, 0) is 26.3 Å². The van der Waals surface area contributed by atoms with Gasteiger partial charge in [0.2, 0.25) is 5.91 Å². The number of carboxylic acid groups (broad SMARTS) is 1. The van der Waals surface area contributed by atoms with Crippen molar-refractivity contribution in [3.8, 4) is 6.07 Å². The smallest absolute Gasteiger partial charge is 0.307 e. The topological polar surface area (TPSA) is 150 Å². The molecule has 0 spiro atoms. The Hall–Kier alpha value is -3.81. The van der Waals surface area contributed by atoms with Crippen LogP contribution in [0, 0.1) is 11.3 Å². The van der Waals surface area contributed by atoms with Crippen molar-refractivity contribution in [3.05, 3.63) is 60.0 Å². The molecule has 1 amide bonds. The third kappa shape index (κ3) is 6.41. The number of carboxylic acids is 1. The number of anilines is 1. The van der Waals surface area contributed by atoms with Crippen molar-refractivity contribution in [3.63, 3.8) is 0 Å². The lowest BCUT2D eigenvalue weighted by Gasteiger charge is -2.21. The molecule has 1 aliphatic rings. The van der Waals surface area contributed by atoms with E-state index in [0.29, 0.717) is 36.3 Å². The Bertz CT molecular complexity index is 1190. The molecule has 10 nitrogen and oxygen atoms in total. The summed E-state index contributed by atoms with van der Waals surface area (Å²) < 4.78 is 7.37. The van der Waals surface area contributed by atoms with Crippen molar-refractivity contribution in [2.24, 2.45) is 0 Å². The average molecular weight is 480 g/mol. The quantitative estimate of drug-likeness (QED) is 0.446. The summed E-state index contributed by atoms with van der Waals surface area (Å²) in [6, 6.07) is 14.9. The number of amides is 1. The summed E-state index contributed by atoms with van der Waals surface area (Å²) in [5.74, 6) is -0.476. The Kier molecular flexibility index (Phi) is 8.89. The van der Waals surface area contributed by atoms with Gasteiger partial charge >= 0.3 is 5.97 Å². The van der Waals surface area contributed by atoms with Crippen molar-refractivity contribution in [2.45, 2.75) is 57.2 Å². The molecular weight excluding hydrogens is 450 g/mol. The van der Waals surface area contributed by atoms with E-state index in [2.05, 4.69) is 21.5 Å². The van der Waals surface area contributed by atoms with E-state index in [1.165, 1.54) is 6.33 Å². The van der Waals surface area contributed by atoms with Gasteiger partial charge in [-0.05, 0) is 37.0 Å². The molecule has 0 saturated carbocycles. The van der Waals surface area contributed by atoms with Gasteiger partial charge in [-0.25, -0.2) is 9.50 Å². The Balaban J connectivity index is 0.000000287. The summed E-state index contributed by atoms with van der Waals surface area (Å²) in [7, 11) is 0. The van der Waals surface area contributed by atoms with E-state index >= 15 is 0 Å². The minimum absolute atomic E-state index is 0.0994. The van der Waals surface area contributed by atoms with E-state index in [1.54, 1.807) is 28.8 Å². The van der Waals surface area contributed by atoms with Gasteiger partial charge in [0.1, 0.15) is 17.9 Å². The number of nitrogens with zero attached hydrogens (tertiary/aromatic N) is 4. The molecule has 10 heteroatoms. The number of carbonyl (C=O) groups is 2. The number of aliphatic hydroxyl groups excluding tert-OH is 1. The molecule has 1 saturated heterocycles. The number of unbranched alkanes of at least 4 members (excludes halogenated alkanes) is 1. The third-order valence-electron chi connectivity index (χ3n) is 5.65. The minimum atomic E-state index is -1.16. The normalized spacial score (nSPS) is 18.9. The summed E-state index contributed by atoms with van der Waals surface area (Å²) >= 11 is 0. The maximum absolute atomic E-state index is 12.0. The lowest BCUT2D eigenvalue weighted by atomic mass is 9.98. The number of aromatic nitrogens is 3. The Morgan fingerprint density at radius 2 is 2.06 bits per heavy atom. The molecule has 0 aliphatic carbocycles. The second kappa shape index (κ2) is 12.1. The molecule has 1 fully saturated rings. The molecule has 3 heterocycles. The van der Waals surface area contributed by atoms with E-state index in [-0.39, 0.29) is 25.0 Å². The van der Waals surface area contributed by atoms with Crippen molar-refractivity contribution in [1.82, 2.24) is 14.6 Å². The molecule has 3 aromatic rings. The van der Waals surface area contributed by atoms with Gasteiger partial charge in [-0.15, -0.1) is 0 Å². The second-order valence-corrected chi connectivity index (χ2v) is 8.23. The number of aliphatic hydroxyl groups is 1. The first kappa shape index (κ1) is 25.8. The number of fused-ring (bicyclic) bond motifs is 1. The standard InChI is InChI=1S/C17H21N5O3.C8H8O2/c1-2-3-4-15(24)21-16-13-5-6-14(22(13)20-11-19-16)17(10-18)8-7-12(9-23)25-17;9-8(10)6-7-4-2-1-3-5-7/h5-6,11-12,23H,2-4,7-9H2,1H3,(H,19,20,21,24);1-5H,6H2,(H,9,10). The van der Waals surface area contributed by atoms with Crippen LogP contribution in [0.2, 0.25) is 0 Å². The van der Waals surface area contributed by atoms with Gasteiger partial charge < -0.3 is 20.3 Å². The van der Waals surface area contributed by atoms with Crippen LogP contribution >= 0.6 is 0 Å². The number of benzene rings is 1. The summed E-state index contributed by atoms with van der Waals surface area (Å²) in [6.45, 7) is 1.90. The monoisotopic (exact) mass is 479 g/mol. The highest BCUT2D eigenvalue weighted by molar-refractivity contribution is 5.93. The highest BCUT2D eigenvalue weighted by Crippen LogP contribution is 2.39. The first-order chi connectivity index (χ1) is 16.9. The molecule has 0 bridgehead atoms. The van der Waals surface area contributed by atoms with Crippen molar-refractivity contribution in [2.75, 3.05) is 11.9 Å². The van der Waals surface area contributed by atoms with Crippen LogP contribution in [0.3, 0.4) is 0 Å². The maximum Gasteiger partial charge on any atom is 0.307 e. The van der Waals surface area contributed by atoms with Crippen molar-refractivity contribution >= 4 is 23.2 Å². The zero-order chi connectivity index (χ0) is 25.3. The molecule has 2 atom stereocenters. The number of nitrogens with one attached hydrogen (secondary N) is 1. The molecule has 3 N–H and O–H groups in total. The van der Waals surface area contributed by atoms with Gasteiger partial charge in [0.15, 0.2) is 11.4 Å². The van der Waals surface area contributed by atoms with Crippen LogP contribution in [0.15, 0.2) is 48.8 Å². The van der Waals surface area contributed by atoms with E-state index in [9.17, 15) is 20.0 Å². The van der Waals surface area contributed by atoms with Crippen LogP contribution in [0.1, 0.15) is 50.3 Å². The first-order valence-corrected chi connectivity index (χ1v) is 11.5. The van der Waals surface area contributed by atoms with E-state index < -0.39 is 11.6 Å². The molecule has 4 rings (SSSR count). The van der Waals surface area contributed by atoms with E-state index in [4.69, 9.17) is 9.84 Å². The number of hydrogen-bond donors (Lipinski definition) is 3. The van der Waals surface area contributed by atoms with Crippen LogP contribution in [-0.4, -0.2) is 49.4 Å². The summed E-state index contributed by atoms with van der Waals surface area (Å²) in [6.07, 6.45) is 4.36. The number of nitriles is 1. The fourth-order valence-electron chi connectivity index (χ4n) is 3.86. The first-order valence-electron chi connectivity index (χ1n) is 11.5. The zero-order valence-electron chi connectivity index (χ0n) is 19.6. The number of rotatable bonds is 8. The molecule has 184 valence electrons. The predicted octanol–water partition coefficient (Wildman–Crippen LogP) is 3.06. The van der Waals surface area contributed by atoms with Crippen molar-refractivity contribution in [1.29, 1.82) is 5.26 Å². The van der Waals surface area contributed by atoms with Crippen LogP contribution in [0.25, 0.3) is 5.52 Å². The molecule has 2 aromatic heterocycles. The Labute approximate surface area is 203 Å². The van der Waals surface area contributed by atoms with Crippen molar-refractivity contribution < 1.29 is 24.5 Å². The molecule has 0 radical (unpaired) electrons. The van der Waals surface area contributed by atoms with Crippen LogP contribution in [0.5, 0.6) is 0 Å². The summed E-state index contributed by atoms with van der Waals surface area (Å²) in [5.41, 5.74) is 0.868. The van der Waals surface area contributed by atoms with Gasteiger partial charge in [0.05, 0.1) is 24.8 Å². The van der Waals surface area contributed by atoms with Gasteiger partial charge in [-0.1, -0.05) is 43.7 Å². The fourth-order valence-corrected chi connectivity index (χ4v) is 3.86. The Morgan fingerprint density at radius 1 is 1.29 bits per heavy atom. The number of hydrogen-bond acceptors (Lipinski definition) is 7. The number of ether oxygens (including phenoxy) is 1. The highest BCUT2D eigenvalue weighted by Gasteiger charge is 2.44. The number of aliphatic carboxylic acids is 1. The molecule has 35 heavy (non-hydrogen) atoms. The third-order valence-corrected chi connectivity index (χ3v) is 5.65. The SMILES string of the molecule is CCCCC(=O)Nc1ncnn2c(C3(C#N)CCC(CO)O3)ccc12.O=C(O)Cc1ccccc1. The summed E-state index contributed by atoms with van der Waals surface area (Å²) in [4.78, 5) is 26.3. The molecular formula is C25H29N5O5. The van der Waals surface area contributed by atoms with E-state index in [1.807, 2.05) is 25.1 Å². The fraction of sp³-hybridized carbons (Fsp3) is 0.400. The van der Waals surface area contributed by atoms with Crippen LogP contribution in [0.4, 0.5) is 5.82 Å². The van der Waals surface area contributed by atoms with Gasteiger partial charge in [0.25, 0.3) is 0 Å². The summed E-state index contributed by atoms with van der Waals surface area (Å²) in [5, 5.41) is 34.4. The molecule has 2 unspecified atom stereocenters. The average Bonchev–Trinajstić information content (AvgIpc) is 3.49. The Morgan fingerprint density at radius 3 is 2.69 bits per heavy atom. The highest BCUT2D eigenvalue weighted by atomic mass is 16.5. The van der Waals surface area contributed by atoms with E-state index in [0.717, 1.165) is 18.4 Å². The second-order valence-electron chi connectivity index (χ2n) is 8.23. The lowest BCUT2D eigenvalue weighted by molar-refractivity contribution is -0.136. The maximum atomic E-state index is 12.0. The largest absolute Gasteiger partial charge is 0.481 e. The number of carbonyl (C=O) groups excluding carboxylic acids is 1. The van der Waals surface area contributed by atoms with Crippen LogP contribution < -0.4 is 5.32 Å². The minimum Gasteiger partial charge on any atom is -0.481 e. The lowest BCUT2D eigenvalue weighted by Crippen LogP contribution is -2.28. The zero-order valence-corrected chi connectivity index (χ0v) is 19.6. The van der Waals surface area contributed by atoms with Gasteiger partial charge in [-0.2, -0.15) is 10.4 Å². The van der Waals surface area contributed by atoms with Gasteiger partial charge in [-0.3, -0.25) is 9.59 Å². The molecule has 1 aromatic carbocycles. The molecule has 1 aliphatic heterocycles. The predicted molar refractivity (Wildman–Crippen MR) is 127 cm³/mol. The van der Waals surface area contributed by atoms with Gasteiger partial charge in [0, 0.05) is 6.42 Å².